The molecule has 1 aromatic heterocycles. The van der Waals surface area contributed by atoms with Gasteiger partial charge in [-0.05, 0) is 30.9 Å². The molecule has 0 unspecified atom stereocenters. The van der Waals surface area contributed by atoms with Crippen LogP contribution in [0.1, 0.15) is 12.8 Å². The summed E-state index contributed by atoms with van der Waals surface area (Å²) in [5.74, 6) is 1.84. The zero-order valence-corrected chi connectivity index (χ0v) is 11.9. The summed E-state index contributed by atoms with van der Waals surface area (Å²) in [6, 6.07) is 7.85. The third-order valence-electron chi connectivity index (χ3n) is 3.78. The lowest BCUT2D eigenvalue weighted by atomic mass is 10.0. The highest BCUT2D eigenvalue weighted by Gasteiger charge is 2.23. The lowest BCUT2D eigenvalue weighted by Crippen LogP contribution is -2.27. The quantitative estimate of drug-likeness (QED) is 0.934. The van der Waals surface area contributed by atoms with E-state index in [0.717, 1.165) is 36.1 Å². The number of fused-ring (bicyclic) bond motifs is 1. The first-order chi connectivity index (χ1) is 9.64. The van der Waals surface area contributed by atoms with Crippen molar-refractivity contribution in [1.29, 1.82) is 0 Å². The summed E-state index contributed by atoms with van der Waals surface area (Å²) in [6.07, 6.45) is 3.02. The molecule has 2 heterocycles. The molecule has 0 bridgehead atoms. The number of anilines is 1. The smallest absolute Gasteiger partial charge is 0.150 e. The Hall–Kier alpha value is -1.69. The Balaban J connectivity index is 1.69. The number of para-hydroxylation sites is 1. The van der Waals surface area contributed by atoms with Crippen LogP contribution in [0.2, 0.25) is 0 Å². The number of aromatic nitrogens is 2. The van der Waals surface area contributed by atoms with E-state index in [1.165, 1.54) is 0 Å². The SMILES string of the molecule is O=S1(=O)CCC(CNc2ncnc3ccccc23)CC1. The van der Waals surface area contributed by atoms with Crippen molar-refractivity contribution in [3.8, 4) is 0 Å². The van der Waals surface area contributed by atoms with E-state index in [1.807, 2.05) is 24.3 Å². The van der Waals surface area contributed by atoms with Crippen LogP contribution in [0.25, 0.3) is 10.9 Å². The number of benzene rings is 1. The minimum Gasteiger partial charge on any atom is -0.369 e. The predicted molar refractivity (Wildman–Crippen MR) is 79.4 cm³/mol. The van der Waals surface area contributed by atoms with Crippen LogP contribution < -0.4 is 5.32 Å². The monoisotopic (exact) mass is 291 g/mol. The van der Waals surface area contributed by atoms with Gasteiger partial charge in [0, 0.05) is 11.9 Å². The minimum atomic E-state index is -2.79. The fraction of sp³-hybridized carbons (Fsp3) is 0.429. The number of hydrogen-bond donors (Lipinski definition) is 1. The molecule has 0 amide bonds. The molecule has 6 heteroatoms. The minimum absolute atomic E-state index is 0.309. The average Bonchev–Trinajstić information content (AvgIpc) is 2.46. The second-order valence-electron chi connectivity index (χ2n) is 5.22. The second-order valence-corrected chi connectivity index (χ2v) is 7.52. The van der Waals surface area contributed by atoms with Crippen LogP contribution in [0.5, 0.6) is 0 Å². The molecule has 1 aliphatic heterocycles. The Morgan fingerprint density at radius 1 is 1.15 bits per heavy atom. The van der Waals surface area contributed by atoms with Crippen LogP contribution in [0, 0.1) is 5.92 Å². The van der Waals surface area contributed by atoms with Crippen LogP contribution >= 0.6 is 0 Å². The van der Waals surface area contributed by atoms with E-state index in [4.69, 9.17) is 0 Å². The van der Waals surface area contributed by atoms with Crippen molar-refractivity contribution in [2.45, 2.75) is 12.8 Å². The Bertz CT molecular complexity index is 696. The van der Waals surface area contributed by atoms with E-state index >= 15 is 0 Å². The summed E-state index contributed by atoms with van der Waals surface area (Å²) in [6.45, 7) is 0.760. The lowest BCUT2D eigenvalue weighted by molar-refractivity contribution is 0.484. The molecular formula is C14H17N3O2S. The Labute approximate surface area is 118 Å². The third-order valence-corrected chi connectivity index (χ3v) is 5.49. The maximum absolute atomic E-state index is 11.4. The van der Waals surface area contributed by atoms with Gasteiger partial charge in [0.05, 0.1) is 17.0 Å². The van der Waals surface area contributed by atoms with Crippen molar-refractivity contribution in [2.24, 2.45) is 5.92 Å². The van der Waals surface area contributed by atoms with Crippen molar-refractivity contribution >= 4 is 26.6 Å². The zero-order chi connectivity index (χ0) is 14.0. The van der Waals surface area contributed by atoms with Gasteiger partial charge in [-0.2, -0.15) is 0 Å². The maximum atomic E-state index is 11.4. The molecule has 1 N–H and O–H groups in total. The molecule has 2 aromatic rings. The summed E-state index contributed by atoms with van der Waals surface area (Å²) < 4.78 is 22.8. The Morgan fingerprint density at radius 2 is 1.90 bits per heavy atom. The summed E-state index contributed by atoms with van der Waals surface area (Å²) in [4.78, 5) is 8.50. The van der Waals surface area contributed by atoms with E-state index in [9.17, 15) is 8.42 Å². The summed E-state index contributed by atoms with van der Waals surface area (Å²) in [5.41, 5.74) is 0.913. The predicted octanol–water partition coefficient (Wildman–Crippen LogP) is 1.87. The van der Waals surface area contributed by atoms with Crippen molar-refractivity contribution in [1.82, 2.24) is 9.97 Å². The topological polar surface area (TPSA) is 72.0 Å². The lowest BCUT2D eigenvalue weighted by Gasteiger charge is -2.22. The molecule has 1 aromatic carbocycles. The summed E-state index contributed by atoms with van der Waals surface area (Å²) >= 11 is 0. The fourth-order valence-corrected chi connectivity index (χ4v) is 4.12. The third kappa shape index (κ3) is 2.90. The first-order valence-corrected chi connectivity index (χ1v) is 8.60. The molecule has 1 saturated heterocycles. The van der Waals surface area contributed by atoms with Gasteiger partial charge in [-0.1, -0.05) is 12.1 Å². The van der Waals surface area contributed by atoms with Crippen LogP contribution in [0.15, 0.2) is 30.6 Å². The Morgan fingerprint density at radius 3 is 2.70 bits per heavy atom. The highest BCUT2D eigenvalue weighted by atomic mass is 32.2. The van der Waals surface area contributed by atoms with E-state index in [0.29, 0.717) is 17.4 Å². The molecule has 3 rings (SSSR count). The van der Waals surface area contributed by atoms with E-state index in [2.05, 4.69) is 15.3 Å². The number of hydrogen-bond acceptors (Lipinski definition) is 5. The maximum Gasteiger partial charge on any atom is 0.150 e. The van der Waals surface area contributed by atoms with Crippen LogP contribution in [-0.2, 0) is 9.84 Å². The van der Waals surface area contributed by atoms with Gasteiger partial charge in [0.1, 0.15) is 22.0 Å². The molecule has 20 heavy (non-hydrogen) atoms. The highest BCUT2D eigenvalue weighted by molar-refractivity contribution is 7.91. The molecule has 106 valence electrons. The van der Waals surface area contributed by atoms with Gasteiger partial charge in [-0.15, -0.1) is 0 Å². The van der Waals surface area contributed by atoms with Crippen LogP contribution in [-0.4, -0.2) is 36.4 Å². The zero-order valence-electron chi connectivity index (χ0n) is 11.1. The summed E-state index contributed by atoms with van der Waals surface area (Å²) in [7, 11) is -2.79. The van der Waals surface area contributed by atoms with Crippen molar-refractivity contribution in [2.75, 3.05) is 23.4 Å². The van der Waals surface area contributed by atoms with Gasteiger partial charge in [0.2, 0.25) is 0 Å². The van der Waals surface area contributed by atoms with Gasteiger partial charge >= 0.3 is 0 Å². The first kappa shape index (κ1) is 13.3. The van der Waals surface area contributed by atoms with Crippen LogP contribution in [0.4, 0.5) is 5.82 Å². The molecular weight excluding hydrogens is 274 g/mol. The standard InChI is InChI=1S/C14H17N3O2S/c18-20(19)7-5-11(6-8-20)9-15-14-12-3-1-2-4-13(12)16-10-17-14/h1-4,10-11H,5-9H2,(H,15,16,17). The van der Waals surface area contributed by atoms with Gasteiger partial charge in [-0.3, -0.25) is 0 Å². The van der Waals surface area contributed by atoms with Gasteiger partial charge in [0.15, 0.2) is 0 Å². The molecule has 0 saturated carbocycles. The van der Waals surface area contributed by atoms with Crippen molar-refractivity contribution < 1.29 is 8.42 Å². The van der Waals surface area contributed by atoms with Crippen LogP contribution in [0.3, 0.4) is 0 Å². The van der Waals surface area contributed by atoms with Gasteiger partial charge in [0.25, 0.3) is 0 Å². The second kappa shape index (κ2) is 5.36. The van der Waals surface area contributed by atoms with E-state index in [1.54, 1.807) is 6.33 Å². The van der Waals surface area contributed by atoms with Gasteiger partial charge in [-0.25, -0.2) is 18.4 Å². The molecule has 0 spiro atoms. The Kier molecular flexibility index (Phi) is 3.56. The molecule has 1 aliphatic rings. The number of nitrogens with zero attached hydrogens (tertiary/aromatic N) is 2. The normalized spacial score (nSPS) is 19.0. The number of rotatable bonds is 3. The highest BCUT2D eigenvalue weighted by Crippen LogP contribution is 2.22. The molecule has 5 nitrogen and oxygen atoms in total. The average molecular weight is 291 g/mol. The van der Waals surface area contributed by atoms with Crippen molar-refractivity contribution in [3.05, 3.63) is 30.6 Å². The largest absolute Gasteiger partial charge is 0.369 e. The number of sulfone groups is 1. The number of nitrogens with one attached hydrogen (secondary N) is 1. The van der Waals surface area contributed by atoms with Gasteiger partial charge < -0.3 is 5.32 Å². The van der Waals surface area contributed by atoms with Crippen molar-refractivity contribution in [3.63, 3.8) is 0 Å². The van der Waals surface area contributed by atoms with E-state index in [-0.39, 0.29) is 0 Å². The molecule has 0 radical (unpaired) electrons. The molecule has 0 atom stereocenters. The molecule has 0 aliphatic carbocycles. The fourth-order valence-electron chi connectivity index (χ4n) is 2.53. The van der Waals surface area contributed by atoms with E-state index < -0.39 is 9.84 Å². The first-order valence-electron chi connectivity index (χ1n) is 6.78. The summed E-state index contributed by atoms with van der Waals surface area (Å²) in [5, 5.41) is 4.34. The molecule has 1 fully saturated rings.